The summed E-state index contributed by atoms with van der Waals surface area (Å²) >= 11 is 0. The number of aliphatic hydroxyl groups excluding tert-OH is 1. The number of hydrogen-bond acceptors (Lipinski definition) is 4. The first kappa shape index (κ1) is 17.9. The van der Waals surface area contributed by atoms with E-state index >= 15 is 0 Å². The first-order valence-electron chi connectivity index (χ1n) is 9.91. The molecule has 0 bridgehead atoms. The fourth-order valence-corrected chi connectivity index (χ4v) is 4.64. The van der Waals surface area contributed by atoms with Crippen molar-refractivity contribution < 1.29 is 14.6 Å². The minimum Gasteiger partial charge on any atom is -0.448 e. The monoisotopic (exact) mass is 389 g/mol. The number of carbonyl (C=O) groups excluding carboxylic acids is 1. The number of aromatic nitrogens is 2. The summed E-state index contributed by atoms with van der Waals surface area (Å²) in [5, 5.41) is 13.9. The molecule has 1 aliphatic heterocycles. The van der Waals surface area contributed by atoms with Gasteiger partial charge in [0.2, 0.25) is 0 Å². The number of fused-ring (bicyclic) bond motifs is 4. The maximum Gasteiger partial charge on any atom is 0.410 e. The van der Waals surface area contributed by atoms with Gasteiger partial charge in [0, 0.05) is 37.2 Å². The molecule has 2 aliphatic rings. The highest BCUT2D eigenvalue weighted by Gasteiger charge is 2.31. The molecule has 0 atom stereocenters. The van der Waals surface area contributed by atoms with E-state index < -0.39 is 0 Å². The van der Waals surface area contributed by atoms with Crippen molar-refractivity contribution >= 4 is 6.09 Å². The molecular weight excluding hydrogens is 366 g/mol. The van der Waals surface area contributed by atoms with Gasteiger partial charge in [-0.1, -0.05) is 48.5 Å². The molecule has 0 fully saturated rings. The molecule has 2 heterocycles. The highest BCUT2D eigenvalue weighted by Crippen LogP contribution is 2.44. The van der Waals surface area contributed by atoms with Gasteiger partial charge in [0.25, 0.3) is 0 Å². The van der Waals surface area contributed by atoms with Gasteiger partial charge in [-0.15, -0.1) is 0 Å². The van der Waals surface area contributed by atoms with Crippen LogP contribution in [-0.2, 0) is 31.4 Å². The zero-order chi connectivity index (χ0) is 20.0. The molecule has 0 spiro atoms. The second-order valence-corrected chi connectivity index (χ2v) is 7.63. The van der Waals surface area contributed by atoms with Gasteiger partial charge in [-0.05, 0) is 22.3 Å². The molecule has 5 rings (SSSR count). The number of ether oxygens (including phenoxy) is 1. The molecule has 0 unspecified atom stereocenters. The minimum atomic E-state index is -0.315. The van der Waals surface area contributed by atoms with Gasteiger partial charge in [0.05, 0.1) is 18.8 Å². The standard InChI is InChI=1S/C23H23N3O3/c1-25-22-10-11-26(12-19(22)21(13-27)24-25)23(28)29-14-20-17-8-4-2-6-15(17)16-7-3-5-9-18(16)20/h2-9,20,27H,10-14H2,1H3. The van der Waals surface area contributed by atoms with E-state index in [1.165, 1.54) is 22.3 Å². The highest BCUT2D eigenvalue weighted by atomic mass is 16.6. The summed E-state index contributed by atoms with van der Waals surface area (Å²) < 4.78 is 7.57. The molecule has 3 aromatic rings. The van der Waals surface area contributed by atoms with Crippen molar-refractivity contribution in [3.05, 3.63) is 76.6 Å². The number of amides is 1. The summed E-state index contributed by atoms with van der Waals surface area (Å²) in [7, 11) is 1.88. The smallest absolute Gasteiger partial charge is 0.410 e. The molecule has 1 N–H and O–H groups in total. The molecule has 0 radical (unpaired) electrons. The third kappa shape index (κ3) is 2.91. The number of nitrogens with zero attached hydrogens (tertiary/aromatic N) is 3. The fourth-order valence-electron chi connectivity index (χ4n) is 4.64. The second-order valence-electron chi connectivity index (χ2n) is 7.63. The van der Waals surface area contributed by atoms with E-state index in [0.717, 1.165) is 11.3 Å². The van der Waals surface area contributed by atoms with Gasteiger partial charge in [-0.3, -0.25) is 4.68 Å². The quantitative estimate of drug-likeness (QED) is 0.747. The van der Waals surface area contributed by atoms with Crippen molar-refractivity contribution in [1.82, 2.24) is 14.7 Å². The van der Waals surface area contributed by atoms with Gasteiger partial charge in [-0.25, -0.2) is 4.79 Å². The SMILES string of the molecule is Cn1nc(CO)c2c1CCN(C(=O)OCC1c3ccccc3-c3ccccc31)C2. The van der Waals surface area contributed by atoms with Crippen molar-refractivity contribution in [2.75, 3.05) is 13.2 Å². The fraction of sp³-hybridized carbons (Fsp3) is 0.304. The Morgan fingerprint density at radius 2 is 1.79 bits per heavy atom. The van der Waals surface area contributed by atoms with E-state index in [4.69, 9.17) is 4.74 Å². The third-order valence-electron chi connectivity index (χ3n) is 6.07. The maximum atomic E-state index is 12.8. The Labute approximate surface area is 169 Å². The molecule has 6 nitrogen and oxygen atoms in total. The number of aryl methyl sites for hydroxylation is 1. The number of benzene rings is 2. The van der Waals surface area contributed by atoms with Crippen molar-refractivity contribution in [2.24, 2.45) is 7.05 Å². The van der Waals surface area contributed by atoms with Crippen LogP contribution in [0.4, 0.5) is 4.79 Å². The van der Waals surface area contributed by atoms with Crippen LogP contribution in [0.15, 0.2) is 48.5 Å². The average molecular weight is 389 g/mol. The summed E-state index contributed by atoms with van der Waals surface area (Å²) in [6, 6.07) is 16.6. The Hall–Kier alpha value is -3.12. The molecule has 29 heavy (non-hydrogen) atoms. The molecule has 1 aliphatic carbocycles. The van der Waals surface area contributed by atoms with E-state index in [9.17, 15) is 9.90 Å². The number of rotatable bonds is 3. The van der Waals surface area contributed by atoms with Gasteiger partial charge in [0.1, 0.15) is 6.61 Å². The summed E-state index contributed by atoms with van der Waals surface area (Å²) in [4.78, 5) is 14.5. The van der Waals surface area contributed by atoms with E-state index in [2.05, 4.69) is 29.4 Å². The van der Waals surface area contributed by atoms with E-state index in [0.29, 0.717) is 31.8 Å². The third-order valence-corrected chi connectivity index (χ3v) is 6.07. The summed E-state index contributed by atoms with van der Waals surface area (Å²) in [5.74, 6) is 0.0538. The van der Waals surface area contributed by atoms with Crippen LogP contribution in [0, 0.1) is 0 Å². The molecule has 2 aromatic carbocycles. The first-order chi connectivity index (χ1) is 14.2. The van der Waals surface area contributed by atoms with Crippen LogP contribution in [0.1, 0.15) is 34.0 Å². The zero-order valence-corrected chi connectivity index (χ0v) is 16.3. The lowest BCUT2D eigenvalue weighted by Gasteiger charge is -2.27. The normalized spacial score (nSPS) is 15.0. The number of hydrogen-bond donors (Lipinski definition) is 1. The summed E-state index contributed by atoms with van der Waals surface area (Å²) in [6.07, 6.45) is 0.397. The molecule has 0 saturated carbocycles. The lowest BCUT2D eigenvalue weighted by molar-refractivity contribution is 0.0948. The molecule has 0 saturated heterocycles. The van der Waals surface area contributed by atoms with Crippen LogP contribution >= 0.6 is 0 Å². The van der Waals surface area contributed by atoms with Crippen LogP contribution in [0.25, 0.3) is 11.1 Å². The van der Waals surface area contributed by atoms with Gasteiger partial charge in [0.15, 0.2) is 0 Å². The minimum absolute atomic E-state index is 0.0538. The predicted molar refractivity (Wildman–Crippen MR) is 108 cm³/mol. The van der Waals surface area contributed by atoms with E-state index in [1.807, 2.05) is 31.3 Å². The topological polar surface area (TPSA) is 67.6 Å². The molecule has 148 valence electrons. The van der Waals surface area contributed by atoms with Gasteiger partial charge >= 0.3 is 6.09 Å². The maximum absolute atomic E-state index is 12.8. The van der Waals surface area contributed by atoms with Crippen LogP contribution in [0.2, 0.25) is 0 Å². The van der Waals surface area contributed by atoms with Gasteiger partial charge in [-0.2, -0.15) is 5.10 Å². The Morgan fingerprint density at radius 1 is 1.14 bits per heavy atom. The van der Waals surface area contributed by atoms with Crippen LogP contribution < -0.4 is 0 Å². The lowest BCUT2D eigenvalue weighted by Crippen LogP contribution is -2.37. The number of aliphatic hydroxyl groups is 1. The van der Waals surface area contributed by atoms with E-state index in [1.54, 1.807) is 9.58 Å². The van der Waals surface area contributed by atoms with Gasteiger partial charge < -0.3 is 14.7 Å². The Morgan fingerprint density at radius 3 is 2.45 bits per heavy atom. The second kappa shape index (κ2) is 7.04. The van der Waals surface area contributed by atoms with Crippen molar-refractivity contribution in [3.63, 3.8) is 0 Å². The zero-order valence-electron chi connectivity index (χ0n) is 16.3. The largest absolute Gasteiger partial charge is 0.448 e. The molecule has 1 aromatic heterocycles. The van der Waals surface area contributed by atoms with Crippen molar-refractivity contribution in [3.8, 4) is 11.1 Å². The molecule has 1 amide bonds. The van der Waals surface area contributed by atoms with Crippen LogP contribution in [0.5, 0.6) is 0 Å². The van der Waals surface area contributed by atoms with Crippen LogP contribution in [-0.4, -0.2) is 39.0 Å². The Balaban J connectivity index is 1.33. The van der Waals surface area contributed by atoms with Crippen LogP contribution in [0.3, 0.4) is 0 Å². The molecule has 6 heteroatoms. The molecular formula is C23H23N3O3. The predicted octanol–water partition coefficient (Wildman–Crippen LogP) is 3.22. The van der Waals surface area contributed by atoms with E-state index in [-0.39, 0.29) is 18.6 Å². The highest BCUT2D eigenvalue weighted by molar-refractivity contribution is 5.79. The Bertz CT molecular complexity index is 1040. The summed E-state index contributed by atoms with van der Waals surface area (Å²) in [6.45, 7) is 1.21. The lowest BCUT2D eigenvalue weighted by atomic mass is 9.98. The number of carbonyl (C=O) groups is 1. The van der Waals surface area contributed by atoms with Crippen molar-refractivity contribution in [2.45, 2.75) is 25.5 Å². The average Bonchev–Trinajstić information content (AvgIpc) is 3.26. The Kier molecular flexibility index (Phi) is 4.36. The first-order valence-corrected chi connectivity index (χ1v) is 9.91. The van der Waals surface area contributed by atoms with Crippen molar-refractivity contribution in [1.29, 1.82) is 0 Å². The summed E-state index contributed by atoms with van der Waals surface area (Å²) in [5.41, 5.74) is 7.50.